The Balaban J connectivity index is 1.83. The predicted octanol–water partition coefficient (Wildman–Crippen LogP) is 3.42. The number of unbranched alkanes of at least 4 members (excludes halogenated alkanes) is 2. The van der Waals surface area contributed by atoms with Crippen LogP contribution in [0.5, 0.6) is 0 Å². The fraction of sp³-hybridized carbons (Fsp3) is 0.500. The molecule has 1 saturated heterocycles. The summed E-state index contributed by atoms with van der Waals surface area (Å²) in [6.45, 7) is 2.76. The van der Waals surface area contributed by atoms with Gasteiger partial charge in [0.1, 0.15) is 0 Å². The quantitative estimate of drug-likeness (QED) is 0.690. The van der Waals surface area contributed by atoms with Gasteiger partial charge in [0.2, 0.25) is 0 Å². The van der Waals surface area contributed by atoms with Crippen molar-refractivity contribution in [2.24, 2.45) is 4.99 Å². The third-order valence-corrected chi connectivity index (χ3v) is 6.13. The summed E-state index contributed by atoms with van der Waals surface area (Å²) in [5.41, 5.74) is 1.09. The number of thioether (sulfide) groups is 1. The molecule has 1 fully saturated rings. The Morgan fingerprint density at radius 3 is 2.85 bits per heavy atom. The van der Waals surface area contributed by atoms with Crippen molar-refractivity contribution in [2.75, 3.05) is 12.8 Å². The molecule has 8 heteroatoms. The number of urea groups is 1. The van der Waals surface area contributed by atoms with Gasteiger partial charge < -0.3 is 9.80 Å². The van der Waals surface area contributed by atoms with Gasteiger partial charge in [-0.15, -0.1) is 0 Å². The minimum atomic E-state index is -0.481. The van der Waals surface area contributed by atoms with Crippen molar-refractivity contribution in [3.8, 4) is 0 Å². The fourth-order valence-corrected chi connectivity index (χ4v) is 4.64. The van der Waals surface area contributed by atoms with Gasteiger partial charge in [-0.25, -0.2) is 9.79 Å². The van der Waals surface area contributed by atoms with Crippen LogP contribution in [0.3, 0.4) is 0 Å². The van der Waals surface area contributed by atoms with Crippen molar-refractivity contribution < 1.29 is 9.59 Å². The lowest BCUT2D eigenvalue weighted by Crippen LogP contribution is -2.63. The summed E-state index contributed by atoms with van der Waals surface area (Å²) in [5, 5.41) is 3.28. The summed E-state index contributed by atoms with van der Waals surface area (Å²) in [6, 6.07) is 7.17. The number of aliphatic imine (C=N–C) groups is 1. The van der Waals surface area contributed by atoms with Gasteiger partial charge in [-0.2, -0.15) is 0 Å². The molecule has 140 valence electrons. The number of halogens is 1. The van der Waals surface area contributed by atoms with Crippen LogP contribution in [0.15, 0.2) is 33.7 Å². The third-order valence-electron chi connectivity index (χ3n) is 4.54. The highest BCUT2D eigenvalue weighted by Gasteiger charge is 2.48. The molecule has 3 rings (SSSR count). The second-order valence-corrected chi connectivity index (χ2v) is 8.47. The Hall–Kier alpha value is -1.54. The van der Waals surface area contributed by atoms with Crippen LogP contribution in [0.1, 0.15) is 31.7 Å². The lowest BCUT2D eigenvalue weighted by Gasteiger charge is -2.36. The van der Waals surface area contributed by atoms with Crippen LogP contribution < -0.4 is 5.32 Å². The summed E-state index contributed by atoms with van der Waals surface area (Å²) in [7, 11) is 1.69. The molecule has 2 atom stereocenters. The highest BCUT2D eigenvalue weighted by molar-refractivity contribution is 9.10. The third kappa shape index (κ3) is 4.06. The van der Waals surface area contributed by atoms with Gasteiger partial charge in [0.05, 0.1) is 0 Å². The van der Waals surface area contributed by atoms with Gasteiger partial charge in [0, 0.05) is 23.8 Å². The van der Waals surface area contributed by atoms with E-state index in [9.17, 15) is 9.59 Å². The van der Waals surface area contributed by atoms with E-state index in [4.69, 9.17) is 4.99 Å². The molecule has 1 N–H and O–H groups in total. The molecule has 1 aromatic carbocycles. The molecular weight excluding hydrogens is 416 g/mol. The monoisotopic (exact) mass is 438 g/mol. The molecule has 0 spiro atoms. The van der Waals surface area contributed by atoms with Crippen LogP contribution in [0.2, 0.25) is 0 Å². The lowest BCUT2D eigenvalue weighted by atomic mass is 10.1. The zero-order valence-corrected chi connectivity index (χ0v) is 17.3. The number of amides is 3. The lowest BCUT2D eigenvalue weighted by molar-refractivity contribution is -0.127. The first-order valence-electron chi connectivity index (χ1n) is 8.80. The van der Waals surface area contributed by atoms with Crippen LogP contribution in [0, 0.1) is 0 Å². The molecule has 0 aromatic heterocycles. The number of benzene rings is 1. The number of imide groups is 1. The first-order chi connectivity index (χ1) is 12.5. The van der Waals surface area contributed by atoms with Gasteiger partial charge in [-0.1, -0.05) is 59.6 Å². The number of likely N-dealkylation sites (N-methyl/N-ethyl adjacent to an activating group) is 1. The van der Waals surface area contributed by atoms with E-state index >= 15 is 0 Å². The molecule has 0 radical (unpaired) electrons. The molecule has 3 amide bonds. The molecule has 0 saturated carbocycles. The van der Waals surface area contributed by atoms with Crippen LogP contribution in [0.4, 0.5) is 4.79 Å². The molecule has 0 bridgehead atoms. The van der Waals surface area contributed by atoms with E-state index in [1.807, 2.05) is 29.2 Å². The Morgan fingerprint density at radius 1 is 1.31 bits per heavy atom. The van der Waals surface area contributed by atoms with Crippen molar-refractivity contribution in [1.82, 2.24) is 15.1 Å². The highest BCUT2D eigenvalue weighted by atomic mass is 79.9. The number of amidine groups is 1. The van der Waals surface area contributed by atoms with E-state index in [2.05, 4.69) is 28.2 Å². The summed E-state index contributed by atoms with van der Waals surface area (Å²) in [5.74, 6) is 0.682. The Kier molecular flexibility index (Phi) is 6.24. The molecule has 0 aliphatic carbocycles. The maximum absolute atomic E-state index is 12.5. The van der Waals surface area contributed by atoms with Crippen molar-refractivity contribution in [2.45, 2.75) is 44.9 Å². The van der Waals surface area contributed by atoms with Crippen molar-refractivity contribution in [1.29, 1.82) is 0 Å². The van der Waals surface area contributed by atoms with Gasteiger partial charge >= 0.3 is 6.03 Å². The van der Waals surface area contributed by atoms with Crippen molar-refractivity contribution in [3.05, 3.63) is 34.3 Å². The van der Waals surface area contributed by atoms with E-state index < -0.39 is 12.2 Å². The topological polar surface area (TPSA) is 65.0 Å². The molecule has 6 nitrogen and oxygen atoms in total. The minimum Gasteiger partial charge on any atom is -0.331 e. The van der Waals surface area contributed by atoms with Crippen LogP contribution in [-0.2, 0) is 11.3 Å². The van der Waals surface area contributed by atoms with Gasteiger partial charge in [-0.05, 0) is 24.1 Å². The number of fused-ring (bicyclic) bond motifs is 1. The Labute approximate surface area is 166 Å². The number of rotatable bonds is 6. The molecule has 2 unspecified atom stereocenters. The van der Waals surface area contributed by atoms with Gasteiger partial charge in [0.15, 0.2) is 17.4 Å². The average molecular weight is 439 g/mol. The molecule has 26 heavy (non-hydrogen) atoms. The number of hydrogen-bond donors (Lipinski definition) is 1. The van der Waals surface area contributed by atoms with Gasteiger partial charge in [-0.3, -0.25) is 10.1 Å². The summed E-state index contributed by atoms with van der Waals surface area (Å²) in [6.07, 6.45) is 3.00. The molecule has 2 aliphatic heterocycles. The molecular formula is C18H23BrN4O2S. The maximum atomic E-state index is 12.5. The SMILES string of the molecule is CCCCCSC1=NC2C(C(=O)NC(=O)N2C)N1Cc1cccc(Br)c1. The second kappa shape index (κ2) is 8.43. The number of nitrogens with one attached hydrogen (secondary N) is 1. The first kappa shape index (κ1) is 19.2. The average Bonchev–Trinajstić information content (AvgIpc) is 2.96. The van der Waals surface area contributed by atoms with Crippen molar-refractivity contribution in [3.63, 3.8) is 0 Å². The standard InChI is InChI=1S/C18H23BrN4O2S/c1-3-4-5-9-26-18-20-15-14(16(24)21-17(25)22(15)2)23(18)11-12-7-6-8-13(19)10-12/h6-8,10,14-15H,3-5,9,11H2,1-2H3,(H,21,24,25). The van der Waals surface area contributed by atoms with E-state index in [0.717, 1.165) is 27.4 Å². The number of carbonyl (C=O) groups excluding carboxylic acids is 2. The van der Waals surface area contributed by atoms with Crippen LogP contribution in [-0.4, -0.2) is 51.9 Å². The fourth-order valence-electron chi connectivity index (χ4n) is 3.13. The van der Waals surface area contributed by atoms with E-state index in [-0.39, 0.29) is 11.9 Å². The summed E-state index contributed by atoms with van der Waals surface area (Å²) < 4.78 is 1.00. The number of hydrogen-bond acceptors (Lipinski definition) is 5. The van der Waals surface area contributed by atoms with Crippen LogP contribution >= 0.6 is 27.7 Å². The largest absolute Gasteiger partial charge is 0.331 e. The van der Waals surface area contributed by atoms with Crippen molar-refractivity contribution >= 4 is 44.8 Å². The first-order valence-corrected chi connectivity index (χ1v) is 10.6. The number of carbonyl (C=O) groups is 2. The molecule has 1 aromatic rings. The molecule has 2 aliphatic rings. The minimum absolute atomic E-state index is 0.277. The van der Waals surface area contributed by atoms with Gasteiger partial charge in [0.25, 0.3) is 5.91 Å². The highest BCUT2D eigenvalue weighted by Crippen LogP contribution is 2.30. The summed E-state index contributed by atoms with van der Waals surface area (Å²) in [4.78, 5) is 32.8. The van der Waals surface area contributed by atoms with Crippen LogP contribution in [0.25, 0.3) is 0 Å². The number of nitrogens with zero attached hydrogens (tertiary/aromatic N) is 3. The molecule has 2 heterocycles. The zero-order valence-electron chi connectivity index (χ0n) is 14.9. The summed E-state index contributed by atoms with van der Waals surface area (Å²) >= 11 is 5.17. The Bertz CT molecular complexity index is 727. The smallest absolute Gasteiger partial charge is 0.325 e. The maximum Gasteiger partial charge on any atom is 0.325 e. The van der Waals surface area contributed by atoms with E-state index in [1.54, 1.807) is 18.8 Å². The van der Waals surface area contributed by atoms with E-state index in [1.165, 1.54) is 17.7 Å². The van der Waals surface area contributed by atoms with E-state index in [0.29, 0.717) is 6.54 Å². The zero-order chi connectivity index (χ0) is 18.7. The predicted molar refractivity (Wildman–Crippen MR) is 108 cm³/mol. The second-order valence-electron chi connectivity index (χ2n) is 6.49. The normalized spacial score (nSPS) is 22.3. The Morgan fingerprint density at radius 2 is 2.12 bits per heavy atom.